The Morgan fingerprint density at radius 2 is 2.29 bits per heavy atom. The normalized spacial score (nSPS) is 23.4. The van der Waals surface area contributed by atoms with Crippen LogP contribution in [0, 0.1) is 18.3 Å². The Morgan fingerprint density at radius 1 is 1.47 bits per heavy atom. The van der Waals surface area contributed by atoms with E-state index in [-0.39, 0.29) is 12.1 Å². The van der Waals surface area contributed by atoms with Crippen LogP contribution in [0.4, 0.5) is 5.69 Å². The SMILES string of the molecule is CO[C@H]1CNCC1Nc1cc(C)ccc1C#N. The third-order valence-corrected chi connectivity index (χ3v) is 3.10. The van der Waals surface area contributed by atoms with Crippen molar-refractivity contribution in [2.45, 2.75) is 19.1 Å². The first-order valence-electron chi connectivity index (χ1n) is 5.75. The summed E-state index contributed by atoms with van der Waals surface area (Å²) >= 11 is 0. The first kappa shape index (κ1) is 11.9. The van der Waals surface area contributed by atoms with E-state index in [1.807, 2.05) is 25.1 Å². The Balaban J connectivity index is 2.18. The second-order valence-electron chi connectivity index (χ2n) is 4.34. The predicted molar refractivity (Wildman–Crippen MR) is 67.0 cm³/mol. The third kappa shape index (κ3) is 2.57. The molecule has 0 bridgehead atoms. The summed E-state index contributed by atoms with van der Waals surface area (Å²) in [6, 6.07) is 8.22. The van der Waals surface area contributed by atoms with Crippen LogP contribution in [-0.2, 0) is 4.74 Å². The quantitative estimate of drug-likeness (QED) is 0.822. The van der Waals surface area contributed by atoms with E-state index in [2.05, 4.69) is 16.7 Å². The van der Waals surface area contributed by atoms with Gasteiger partial charge in [-0.05, 0) is 24.6 Å². The number of rotatable bonds is 3. The predicted octanol–water partition coefficient (Wildman–Crippen LogP) is 1.27. The minimum atomic E-state index is 0.155. The van der Waals surface area contributed by atoms with Crippen molar-refractivity contribution in [1.29, 1.82) is 5.26 Å². The molecule has 17 heavy (non-hydrogen) atoms. The van der Waals surface area contributed by atoms with Crippen LogP contribution < -0.4 is 10.6 Å². The highest BCUT2D eigenvalue weighted by atomic mass is 16.5. The van der Waals surface area contributed by atoms with Gasteiger partial charge in [0.1, 0.15) is 6.07 Å². The van der Waals surface area contributed by atoms with Crippen molar-refractivity contribution < 1.29 is 4.74 Å². The number of anilines is 1. The van der Waals surface area contributed by atoms with Crippen LogP contribution in [0.15, 0.2) is 18.2 Å². The fourth-order valence-corrected chi connectivity index (χ4v) is 2.12. The van der Waals surface area contributed by atoms with Crippen molar-refractivity contribution in [1.82, 2.24) is 5.32 Å². The van der Waals surface area contributed by atoms with Crippen LogP contribution in [0.2, 0.25) is 0 Å². The minimum Gasteiger partial charge on any atom is -0.378 e. The van der Waals surface area contributed by atoms with E-state index in [9.17, 15) is 0 Å². The van der Waals surface area contributed by atoms with Gasteiger partial charge in [0, 0.05) is 20.2 Å². The summed E-state index contributed by atoms with van der Waals surface area (Å²) in [4.78, 5) is 0. The summed E-state index contributed by atoms with van der Waals surface area (Å²) in [6.45, 7) is 3.73. The third-order valence-electron chi connectivity index (χ3n) is 3.10. The van der Waals surface area contributed by atoms with Crippen molar-refractivity contribution in [3.8, 4) is 6.07 Å². The lowest BCUT2D eigenvalue weighted by molar-refractivity contribution is 0.111. The molecular weight excluding hydrogens is 214 g/mol. The summed E-state index contributed by atoms with van der Waals surface area (Å²) in [6.07, 6.45) is 0.155. The van der Waals surface area contributed by atoms with Crippen molar-refractivity contribution >= 4 is 5.69 Å². The van der Waals surface area contributed by atoms with E-state index in [0.717, 1.165) is 24.3 Å². The van der Waals surface area contributed by atoms with E-state index >= 15 is 0 Å². The van der Waals surface area contributed by atoms with E-state index in [4.69, 9.17) is 10.00 Å². The largest absolute Gasteiger partial charge is 0.378 e. The van der Waals surface area contributed by atoms with Crippen molar-refractivity contribution in [3.63, 3.8) is 0 Å². The van der Waals surface area contributed by atoms with Crippen LogP contribution in [0.1, 0.15) is 11.1 Å². The molecule has 1 unspecified atom stereocenters. The number of hydrogen-bond donors (Lipinski definition) is 2. The van der Waals surface area contributed by atoms with E-state index in [1.54, 1.807) is 7.11 Å². The number of methoxy groups -OCH3 is 1. The zero-order valence-corrected chi connectivity index (χ0v) is 10.2. The van der Waals surface area contributed by atoms with Gasteiger partial charge in [-0.1, -0.05) is 6.07 Å². The van der Waals surface area contributed by atoms with E-state index < -0.39 is 0 Å². The summed E-state index contributed by atoms with van der Waals surface area (Å²) in [5, 5.41) is 15.7. The van der Waals surface area contributed by atoms with Crippen LogP contribution in [0.5, 0.6) is 0 Å². The summed E-state index contributed by atoms with van der Waals surface area (Å²) < 4.78 is 5.39. The molecule has 2 rings (SSSR count). The minimum absolute atomic E-state index is 0.155. The van der Waals surface area contributed by atoms with Crippen LogP contribution in [0.3, 0.4) is 0 Å². The lowest BCUT2D eigenvalue weighted by Crippen LogP contribution is -2.33. The lowest BCUT2D eigenvalue weighted by atomic mass is 10.1. The molecule has 1 aliphatic heterocycles. The zero-order chi connectivity index (χ0) is 12.3. The Bertz CT molecular complexity index is 439. The Labute approximate surface area is 102 Å². The summed E-state index contributed by atoms with van der Waals surface area (Å²) in [7, 11) is 1.72. The second-order valence-corrected chi connectivity index (χ2v) is 4.34. The molecule has 0 aliphatic carbocycles. The fourth-order valence-electron chi connectivity index (χ4n) is 2.12. The van der Waals surface area contributed by atoms with Gasteiger partial charge < -0.3 is 15.4 Å². The molecule has 4 nitrogen and oxygen atoms in total. The standard InChI is InChI=1S/C13H17N3O/c1-9-3-4-10(6-14)11(5-9)16-12-7-15-8-13(12)17-2/h3-5,12-13,15-16H,7-8H2,1-2H3/t12?,13-/m0/s1. The molecule has 90 valence electrons. The first-order chi connectivity index (χ1) is 8.24. The highest BCUT2D eigenvalue weighted by Gasteiger charge is 2.27. The average Bonchev–Trinajstić information content (AvgIpc) is 2.77. The monoisotopic (exact) mass is 231 g/mol. The Morgan fingerprint density at radius 3 is 3.00 bits per heavy atom. The van der Waals surface area contributed by atoms with Gasteiger partial charge in [0.25, 0.3) is 0 Å². The molecule has 1 aromatic rings. The van der Waals surface area contributed by atoms with Crippen LogP contribution >= 0.6 is 0 Å². The first-order valence-corrected chi connectivity index (χ1v) is 5.75. The fraction of sp³-hybridized carbons (Fsp3) is 0.462. The molecule has 2 atom stereocenters. The number of nitriles is 1. The molecule has 0 spiro atoms. The number of aryl methyl sites for hydroxylation is 1. The molecular formula is C13H17N3O. The zero-order valence-electron chi connectivity index (χ0n) is 10.2. The molecule has 1 aliphatic rings. The maximum Gasteiger partial charge on any atom is 0.101 e. The number of hydrogen-bond acceptors (Lipinski definition) is 4. The molecule has 1 aromatic carbocycles. The number of nitrogens with zero attached hydrogens (tertiary/aromatic N) is 1. The number of nitrogens with one attached hydrogen (secondary N) is 2. The highest BCUT2D eigenvalue weighted by Crippen LogP contribution is 2.19. The van der Waals surface area contributed by atoms with Crippen molar-refractivity contribution in [2.75, 3.05) is 25.5 Å². The van der Waals surface area contributed by atoms with Gasteiger partial charge in [-0.15, -0.1) is 0 Å². The Hall–Kier alpha value is -1.57. The van der Waals surface area contributed by atoms with Crippen LogP contribution in [-0.4, -0.2) is 32.3 Å². The topological polar surface area (TPSA) is 57.1 Å². The lowest BCUT2D eigenvalue weighted by Gasteiger charge is -2.20. The van der Waals surface area contributed by atoms with Gasteiger partial charge >= 0.3 is 0 Å². The van der Waals surface area contributed by atoms with Gasteiger partial charge in [0.05, 0.1) is 23.4 Å². The van der Waals surface area contributed by atoms with Crippen molar-refractivity contribution in [3.05, 3.63) is 29.3 Å². The Kier molecular flexibility index (Phi) is 3.62. The number of ether oxygens (including phenoxy) is 1. The maximum atomic E-state index is 9.07. The van der Waals surface area contributed by atoms with Gasteiger partial charge in [-0.2, -0.15) is 5.26 Å². The van der Waals surface area contributed by atoms with Crippen LogP contribution in [0.25, 0.3) is 0 Å². The molecule has 0 amide bonds. The maximum absolute atomic E-state index is 9.07. The van der Waals surface area contributed by atoms with Gasteiger partial charge in [-0.3, -0.25) is 0 Å². The average molecular weight is 231 g/mol. The van der Waals surface area contributed by atoms with Crippen molar-refractivity contribution in [2.24, 2.45) is 0 Å². The summed E-state index contributed by atoms with van der Waals surface area (Å²) in [5.41, 5.74) is 2.71. The smallest absolute Gasteiger partial charge is 0.101 e. The molecule has 0 saturated carbocycles. The molecule has 0 aromatic heterocycles. The highest BCUT2D eigenvalue weighted by molar-refractivity contribution is 5.59. The van der Waals surface area contributed by atoms with Gasteiger partial charge in [0.2, 0.25) is 0 Å². The molecule has 0 radical (unpaired) electrons. The van der Waals surface area contributed by atoms with E-state index in [1.165, 1.54) is 0 Å². The van der Waals surface area contributed by atoms with Gasteiger partial charge in [0.15, 0.2) is 0 Å². The molecule has 1 fully saturated rings. The summed E-state index contributed by atoms with van der Waals surface area (Å²) in [5.74, 6) is 0. The molecule has 1 heterocycles. The second kappa shape index (κ2) is 5.17. The van der Waals surface area contributed by atoms with Gasteiger partial charge in [-0.25, -0.2) is 0 Å². The molecule has 1 saturated heterocycles. The molecule has 2 N–H and O–H groups in total. The molecule has 4 heteroatoms. The number of benzene rings is 1. The van der Waals surface area contributed by atoms with E-state index in [0.29, 0.717) is 5.56 Å².